The maximum atomic E-state index is 8.54. The Balaban J connectivity index is 2.97. The maximum Gasteiger partial charge on any atom is 0.0701 e. The zero-order valence-corrected chi connectivity index (χ0v) is 17.9. The quantitative estimate of drug-likeness (QED) is 0.193. The van der Waals surface area contributed by atoms with E-state index in [1.54, 1.807) is 0 Å². The lowest BCUT2D eigenvalue weighted by atomic mass is 10.3. The number of unbranched alkanes of at least 4 members (excludes halogenated alkanes) is 2. The topological polar surface area (TPSA) is 105 Å². The zero-order valence-electron chi connectivity index (χ0n) is 17.9. The highest BCUT2D eigenvalue weighted by Gasteiger charge is 1.95. The van der Waals surface area contributed by atoms with E-state index in [2.05, 4.69) is 0 Å². The van der Waals surface area contributed by atoms with Crippen molar-refractivity contribution in [3.63, 3.8) is 0 Å². The summed E-state index contributed by atoms with van der Waals surface area (Å²) in [6, 6.07) is 0. The first-order valence-corrected chi connectivity index (χ1v) is 10.7. The van der Waals surface area contributed by atoms with Crippen molar-refractivity contribution in [3.05, 3.63) is 0 Å². The smallest absolute Gasteiger partial charge is 0.0701 e. The first-order chi connectivity index (χ1) is 14.4. The third kappa shape index (κ3) is 27.6. The van der Waals surface area contributed by atoms with Crippen LogP contribution in [-0.2, 0) is 33.2 Å². The molecule has 0 aromatic heterocycles. The molecule has 0 radical (unpaired) electrons. The van der Waals surface area contributed by atoms with Gasteiger partial charge in [0.25, 0.3) is 0 Å². The number of ether oxygens (including phenoxy) is 7. The molecule has 0 rings (SSSR count). The average Bonchev–Trinajstić information content (AvgIpc) is 2.74. The fraction of sp³-hybridized carbons (Fsp3) is 1.00. The van der Waals surface area contributed by atoms with Crippen LogP contribution in [0.1, 0.15) is 25.7 Å². The number of hydrogen-bond donors (Lipinski definition) is 2. The SMILES string of the molecule is OCCOCCOCCOCCCCOCCCCOCCOCCOCCO. The van der Waals surface area contributed by atoms with Crippen LogP contribution in [0, 0.1) is 0 Å². The van der Waals surface area contributed by atoms with Crippen LogP contribution >= 0.6 is 0 Å². The molecular weight excluding hydrogens is 384 g/mol. The Morgan fingerprint density at radius 2 is 0.483 bits per heavy atom. The largest absolute Gasteiger partial charge is 0.394 e. The highest BCUT2D eigenvalue weighted by Crippen LogP contribution is 1.96. The van der Waals surface area contributed by atoms with E-state index < -0.39 is 0 Å². The molecule has 9 nitrogen and oxygen atoms in total. The lowest BCUT2D eigenvalue weighted by Crippen LogP contribution is -2.11. The van der Waals surface area contributed by atoms with Gasteiger partial charge in [0.15, 0.2) is 0 Å². The Morgan fingerprint density at radius 1 is 0.276 bits per heavy atom. The van der Waals surface area contributed by atoms with Gasteiger partial charge in [0, 0.05) is 26.4 Å². The van der Waals surface area contributed by atoms with Gasteiger partial charge in [-0.25, -0.2) is 0 Å². The van der Waals surface area contributed by atoms with Crippen LogP contribution in [0.3, 0.4) is 0 Å². The minimum absolute atomic E-state index is 0.0437. The molecule has 0 aliphatic rings. The predicted molar refractivity (Wildman–Crippen MR) is 108 cm³/mol. The third-order valence-electron chi connectivity index (χ3n) is 3.61. The van der Waals surface area contributed by atoms with Crippen LogP contribution in [0.15, 0.2) is 0 Å². The minimum Gasteiger partial charge on any atom is -0.394 e. The monoisotopic (exact) mass is 426 g/mol. The highest BCUT2D eigenvalue weighted by molar-refractivity contribution is 4.42. The molecule has 0 amide bonds. The number of hydrogen-bond acceptors (Lipinski definition) is 9. The van der Waals surface area contributed by atoms with Crippen LogP contribution in [-0.4, -0.2) is 116 Å². The summed E-state index contributed by atoms with van der Waals surface area (Å²) in [6.07, 6.45) is 3.94. The molecule has 0 unspecified atom stereocenters. The van der Waals surface area contributed by atoms with Gasteiger partial charge in [-0.1, -0.05) is 0 Å². The molecule has 0 spiro atoms. The van der Waals surface area contributed by atoms with Crippen molar-refractivity contribution in [1.82, 2.24) is 0 Å². The van der Waals surface area contributed by atoms with Gasteiger partial charge in [0.05, 0.1) is 79.3 Å². The molecule has 0 atom stereocenters. The van der Waals surface area contributed by atoms with E-state index >= 15 is 0 Å². The van der Waals surface area contributed by atoms with Crippen molar-refractivity contribution in [2.45, 2.75) is 25.7 Å². The fourth-order valence-electron chi connectivity index (χ4n) is 2.13. The van der Waals surface area contributed by atoms with Gasteiger partial charge in [0.1, 0.15) is 0 Å². The summed E-state index contributed by atoms with van der Waals surface area (Å²) in [5, 5.41) is 17.1. The molecule has 0 saturated heterocycles. The number of aliphatic hydroxyl groups is 2. The molecule has 0 aliphatic heterocycles. The van der Waals surface area contributed by atoms with Crippen LogP contribution in [0.2, 0.25) is 0 Å². The van der Waals surface area contributed by atoms with Crippen molar-refractivity contribution in [2.75, 3.05) is 106 Å². The first-order valence-electron chi connectivity index (χ1n) is 10.7. The molecule has 0 heterocycles. The lowest BCUT2D eigenvalue weighted by molar-refractivity contribution is 0.00538. The second-order valence-corrected chi connectivity index (χ2v) is 6.15. The van der Waals surface area contributed by atoms with Crippen molar-refractivity contribution < 1.29 is 43.4 Å². The standard InChI is InChI=1S/C20H42O9/c21-5-11-26-15-19-28-17-13-24-9-3-1-7-23-8-2-4-10-25-14-18-29-20-16-27-12-6-22/h21-22H,1-20H2. The molecule has 0 aliphatic carbocycles. The van der Waals surface area contributed by atoms with Crippen molar-refractivity contribution >= 4 is 0 Å². The third-order valence-corrected chi connectivity index (χ3v) is 3.61. The molecule has 29 heavy (non-hydrogen) atoms. The van der Waals surface area contributed by atoms with Crippen molar-refractivity contribution in [3.8, 4) is 0 Å². The van der Waals surface area contributed by atoms with E-state index in [0.717, 1.165) is 52.1 Å². The summed E-state index contributed by atoms with van der Waals surface area (Å²) in [4.78, 5) is 0. The molecule has 0 saturated carbocycles. The second kappa shape index (κ2) is 27.6. The van der Waals surface area contributed by atoms with Crippen molar-refractivity contribution in [1.29, 1.82) is 0 Å². The van der Waals surface area contributed by atoms with E-state index in [9.17, 15) is 0 Å². The van der Waals surface area contributed by atoms with Gasteiger partial charge in [-0.15, -0.1) is 0 Å². The molecule has 2 N–H and O–H groups in total. The number of aliphatic hydroxyl groups excluding tert-OH is 2. The van der Waals surface area contributed by atoms with Gasteiger partial charge in [-0.3, -0.25) is 0 Å². The Kier molecular flexibility index (Phi) is 27.3. The van der Waals surface area contributed by atoms with Crippen LogP contribution in [0.4, 0.5) is 0 Å². The van der Waals surface area contributed by atoms with E-state index in [1.165, 1.54) is 0 Å². The molecule has 0 aromatic carbocycles. The lowest BCUT2D eigenvalue weighted by Gasteiger charge is -2.07. The second-order valence-electron chi connectivity index (χ2n) is 6.15. The first kappa shape index (κ1) is 28.6. The van der Waals surface area contributed by atoms with Crippen molar-refractivity contribution in [2.24, 2.45) is 0 Å². The Bertz CT molecular complexity index is 257. The normalized spacial score (nSPS) is 11.4. The van der Waals surface area contributed by atoms with E-state index in [1.807, 2.05) is 0 Å². The van der Waals surface area contributed by atoms with Gasteiger partial charge >= 0.3 is 0 Å². The Morgan fingerprint density at radius 3 is 0.759 bits per heavy atom. The molecule has 176 valence electrons. The molecule has 0 aromatic rings. The summed E-state index contributed by atoms with van der Waals surface area (Å²) >= 11 is 0. The molecule has 9 heteroatoms. The maximum absolute atomic E-state index is 8.54. The highest BCUT2D eigenvalue weighted by atomic mass is 16.6. The summed E-state index contributed by atoms with van der Waals surface area (Å²) in [5.74, 6) is 0. The number of rotatable bonds is 26. The molecule has 0 fully saturated rings. The van der Waals surface area contributed by atoms with Crippen LogP contribution < -0.4 is 0 Å². The van der Waals surface area contributed by atoms with E-state index in [-0.39, 0.29) is 13.2 Å². The van der Waals surface area contributed by atoms with Crippen LogP contribution in [0.25, 0.3) is 0 Å². The summed E-state index contributed by atoms with van der Waals surface area (Å²) in [7, 11) is 0. The average molecular weight is 427 g/mol. The molecule has 0 bridgehead atoms. The fourth-order valence-corrected chi connectivity index (χ4v) is 2.13. The van der Waals surface area contributed by atoms with E-state index in [4.69, 9.17) is 43.4 Å². The predicted octanol–water partition coefficient (Wildman–Crippen LogP) is 0.648. The van der Waals surface area contributed by atoms with Gasteiger partial charge in [-0.2, -0.15) is 0 Å². The zero-order chi connectivity index (χ0) is 21.1. The Hall–Kier alpha value is -0.360. The van der Waals surface area contributed by atoms with Gasteiger partial charge in [-0.05, 0) is 25.7 Å². The summed E-state index contributed by atoms with van der Waals surface area (Å²) in [6.45, 7) is 8.11. The molecular formula is C20H42O9. The van der Waals surface area contributed by atoms with Crippen LogP contribution in [0.5, 0.6) is 0 Å². The van der Waals surface area contributed by atoms with Gasteiger partial charge in [0.2, 0.25) is 0 Å². The summed E-state index contributed by atoms with van der Waals surface area (Å²) < 4.78 is 37.4. The minimum atomic E-state index is 0.0437. The Labute approximate surface area is 175 Å². The van der Waals surface area contributed by atoms with Gasteiger partial charge < -0.3 is 43.4 Å². The summed E-state index contributed by atoms with van der Waals surface area (Å²) in [5.41, 5.74) is 0. The van der Waals surface area contributed by atoms with E-state index in [0.29, 0.717) is 66.1 Å².